The molecule has 0 aliphatic heterocycles. The van der Waals surface area contributed by atoms with E-state index in [2.05, 4.69) is 38.2 Å². The molecule has 1 aromatic rings. The zero-order chi connectivity index (χ0) is 14.1. The maximum atomic E-state index is 5.63. The predicted molar refractivity (Wildman–Crippen MR) is 79.6 cm³/mol. The van der Waals surface area contributed by atoms with Gasteiger partial charge in [-0.1, -0.05) is 19.9 Å². The van der Waals surface area contributed by atoms with E-state index in [0.29, 0.717) is 12.6 Å². The number of rotatable bonds is 9. The normalized spacial score (nSPS) is 12.4. The van der Waals surface area contributed by atoms with Crippen LogP contribution in [0.4, 0.5) is 0 Å². The van der Waals surface area contributed by atoms with Gasteiger partial charge in [-0.2, -0.15) is 0 Å². The van der Waals surface area contributed by atoms with E-state index < -0.39 is 0 Å². The van der Waals surface area contributed by atoms with Crippen LogP contribution in [0.25, 0.3) is 0 Å². The van der Waals surface area contributed by atoms with Gasteiger partial charge in [0, 0.05) is 18.2 Å². The summed E-state index contributed by atoms with van der Waals surface area (Å²) in [7, 11) is 1.71. The smallest absolute Gasteiger partial charge is 0.124 e. The molecule has 1 aromatic carbocycles. The second-order valence-electron chi connectivity index (χ2n) is 4.80. The third-order valence-corrected chi connectivity index (χ3v) is 3.11. The van der Waals surface area contributed by atoms with E-state index in [4.69, 9.17) is 9.47 Å². The molecule has 0 aliphatic carbocycles. The van der Waals surface area contributed by atoms with Crippen LogP contribution in [0.1, 0.15) is 50.8 Å². The highest BCUT2D eigenvalue weighted by atomic mass is 16.5. The standard InChI is InChI=1S/C16H27NO2/c1-5-9-17-13(3)14-7-8-16(18-4)15(11-14)12-19-10-6-2/h7-8,11,13,17H,5-6,9-10,12H2,1-4H3. The number of hydrogen-bond acceptors (Lipinski definition) is 3. The SMILES string of the molecule is CCCNC(C)c1ccc(OC)c(COCCC)c1. The number of benzene rings is 1. The van der Waals surface area contributed by atoms with Crippen LogP contribution in [0.2, 0.25) is 0 Å². The quantitative estimate of drug-likeness (QED) is 0.691. The molecule has 108 valence electrons. The van der Waals surface area contributed by atoms with Gasteiger partial charge in [0.15, 0.2) is 0 Å². The summed E-state index contributed by atoms with van der Waals surface area (Å²) in [6.45, 7) is 8.92. The number of nitrogens with one attached hydrogen (secondary N) is 1. The molecule has 3 nitrogen and oxygen atoms in total. The van der Waals surface area contributed by atoms with Crippen LogP contribution >= 0.6 is 0 Å². The van der Waals surface area contributed by atoms with Crippen molar-refractivity contribution in [2.24, 2.45) is 0 Å². The summed E-state index contributed by atoms with van der Waals surface area (Å²) in [6, 6.07) is 6.69. The average molecular weight is 265 g/mol. The fourth-order valence-corrected chi connectivity index (χ4v) is 1.99. The van der Waals surface area contributed by atoms with Gasteiger partial charge in [0.2, 0.25) is 0 Å². The number of ether oxygens (including phenoxy) is 2. The molecular weight excluding hydrogens is 238 g/mol. The van der Waals surface area contributed by atoms with Crippen molar-refractivity contribution >= 4 is 0 Å². The highest BCUT2D eigenvalue weighted by Gasteiger charge is 2.09. The Morgan fingerprint density at radius 1 is 1.21 bits per heavy atom. The van der Waals surface area contributed by atoms with Crippen LogP contribution in [-0.4, -0.2) is 20.3 Å². The molecule has 1 rings (SSSR count). The highest BCUT2D eigenvalue weighted by Crippen LogP contribution is 2.24. The van der Waals surface area contributed by atoms with Gasteiger partial charge in [0.05, 0.1) is 13.7 Å². The number of hydrogen-bond donors (Lipinski definition) is 1. The summed E-state index contributed by atoms with van der Waals surface area (Å²) in [5.41, 5.74) is 2.41. The Hall–Kier alpha value is -1.06. The lowest BCUT2D eigenvalue weighted by atomic mass is 10.0. The second kappa shape index (κ2) is 8.94. The van der Waals surface area contributed by atoms with Crippen LogP contribution in [0.15, 0.2) is 18.2 Å². The predicted octanol–water partition coefficient (Wildman–Crippen LogP) is 3.68. The monoisotopic (exact) mass is 265 g/mol. The van der Waals surface area contributed by atoms with E-state index in [9.17, 15) is 0 Å². The Labute approximate surface area is 117 Å². The zero-order valence-corrected chi connectivity index (χ0v) is 12.7. The Kier molecular flexibility index (Phi) is 7.53. The Morgan fingerprint density at radius 3 is 2.63 bits per heavy atom. The minimum absolute atomic E-state index is 0.357. The molecule has 0 amide bonds. The maximum absolute atomic E-state index is 5.63. The lowest BCUT2D eigenvalue weighted by Gasteiger charge is -2.16. The first-order chi connectivity index (χ1) is 9.22. The Bertz CT molecular complexity index is 366. The van der Waals surface area contributed by atoms with E-state index in [1.165, 1.54) is 5.56 Å². The van der Waals surface area contributed by atoms with Gasteiger partial charge in [-0.05, 0) is 44.0 Å². The molecule has 19 heavy (non-hydrogen) atoms. The Morgan fingerprint density at radius 2 is 2.00 bits per heavy atom. The lowest BCUT2D eigenvalue weighted by Crippen LogP contribution is -2.19. The summed E-state index contributed by atoms with van der Waals surface area (Å²) in [6.07, 6.45) is 2.18. The third-order valence-electron chi connectivity index (χ3n) is 3.11. The first-order valence-corrected chi connectivity index (χ1v) is 7.20. The summed E-state index contributed by atoms with van der Waals surface area (Å²) in [5, 5.41) is 3.50. The minimum atomic E-state index is 0.357. The zero-order valence-electron chi connectivity index (χ0n) is 12.7. The molecule has 1 N–H and O–H groups in total. The van der Waals surface area contributed by atoms with E-state index in [0.717, 1.165) is 37.3 Å². The first kappa shape index (κ1) is 16.0. The minimum Gasteiger partial charge on any atom is -0.496 e. The van der Waals surface area contributed by atoms with Crippen molar-refractivity contribution in [1.82, 2.24) is 5.32 Å². The molecular formula is C16H27NO2. The molecule has 0 bridgehead atoms. The average Bonchev–Trinajstić information content (AvgIpc) is 2.44. The van der Waals surface area contributed by atoms with Gasteiger partial charge in [0.25, 0.3) is 0 Å². The van der Waals surface area contributed by atoms with Crippen LogP contribution in [0, 0.1) is 0 Å². The van der Waals surface area contributed by atoms with Gasteiger partial charge in [0.1, 0.15) is 5.75 Å². The lowest BCUT2D eigenvalue weighted by molar-refractivity contribution is 0.119. The van der Waals surface area contributed by atoms with Crippen LogP contribution in [0.5, 0.6) is 5.75 Å². The summed E-state index contributed by atoms with van der Waals surface area (Å²) < 4.78 is 11.0. The van der Waals surface area contributed by atoms with Crippen molar-refractivity contribution in [2.45, 2.75) is 46.3 Å². The second-order valence-corrected chi connectivity index (χ2v) is 4.80. The van der Waals surface area contributed by atoms with Crippen molar-refractivity contribution < 1.29 is 9.47 Å². The van der Waals surface area contributed by atoms with Crippen molar-refractivity contribution in [2.75, 3.05) is 20.3 Å². The first-order valence-electron chi connectivity index (χ1n) is 7.20. The molecule has 0 spiro atoms. The van der Waals surface area contributed by atoms with E-state index >= 15 is 0 Å². The van der Waals surface area contributed by atoms with E-state index in [-0.39, 0.29) is 0 Å². The van der Waals surface area contributed by atoms with Crippen molar-refractivity contribution in [3.8, 4) is 5.75 Å². The van der Waals surface area contributed by atoms with Gasteiger partial charge in [-0.15, -0.1) is 0 Å². The molecule has 1 atom stereocenters. The van der Waals surface area contributed by atoms with Crippen LogP contribution in [0.3, 0.4) is 0 Å². The molecule has 0 saturated heterocycles. The van der Waals surface area contributed by atoms with E-state index in [1.54, 1.807) is 7.11 Å². The fourth-order valence-electron chi connectivity index (χ4n) is 1.99. The molecule has 0 aliphatic rings. The summed E-state index contributed by atoms with van der Waals surface area (Å²) in [4.78, 5) is 0. The largest absolute Gasteiger partial charge is 0.496 e. The molecule has 1 unspecified atom stereocenters. The fraction of sp³-hybridized carbons (Fsp3) is 0.625. The summed E-state index contributed by atoms with van der Waals surface area (Å²) in [5.74, 6) is 0.905. The molecule has 0 saturated carbocycles. The third kappa shape index (κ3) is 5.21. The van der Waals surface area contributed by atoms with Crippen molar-refractivity contribution in [3.63, 3.8) is 0 Å². The molecule has 0 radical (unpaired) electrons. The van der Waals surface area contributed by atoms with Gasteiger partial charge in [-0.3, -0.25) is 0 Å². The molecule has 0 aromatic heterocycles. The number of methoxy groups -OCH3 is 1. The van der Waals surface area contributed by atoms with Crippen molar-refractivity contribution in [3.05, 3.63) is 29.3 Å². The van der Waals surface area contributed by atoms with E-state index in [1.807, 2.05) is 6.07 Å². The van der Waals surface area contributed by atoms with Crippen LogP contribution < -0.4 is 10.1 Å². The Balaban J connectivity index is 2.75. The van der Waals surface area contributed by atoms with Gasteiger partial charge >= 0.3 is 0 Å². The maximum Gasteiger partial charge on any atom is 0.124 e. The summed E-state index contributed by atoms with van der Waals surface area (Å²) >= 11 is 0. The topological polar surface area (TPSA) is 30.5 Å². The molecule has 0 fully saturated rings. The van der Waals surface area contributed by atoms with Crippen molar-refractivity contribution in [1.29, 1.82) is 0 Å². The highest BCUT2D eigenvalue weighted by molar-refractivity contribution is 5.38. The van der Waals surface area contributed by atoms with Crippen LogP contribution in [-0.2, 0) is 11.3 Å². The van der Waals surface area contributed by atoms with Gasteiger partial charge in [-0.25, -0.2) is 0 Å². The van der Waals surface area contributed by atoms with Gasteiger partial charge < -0.3 is 14.8 Å². The molecule has 3 heteroatoms. The molecule has 0 heterocycles.